The van der Waals surface area contributed by atoms with Crippen LogP contribution in [0.2, 0.25) is 0 Å². The first kappa shape index (κ1) is 5.22. The highest BCUT2D eigenvalue weighted by molar-refractivity contribution is 5.70. The zero-order valence-electron chi connectivity index (χ0n) is 5.02. The van der Waals surface area contributed by atoms with E-state index >= 15 is 0 Å². The second kappa shape index (κ2) is 1.98. The molecule has 0 atom stereocenters. The van der Waals surface area contributed by atoms with E-state index in [9.17, 15) is 0 Å². The van der Waals surface area contributed by atoms with Gasteiger partial charge in [-0.3, -0.25) is 4.98 Å². The molecule has 10 heavy (non-hydrogen) atoms. The van der Waals surface area contributed by atoms with E-state index < -0.39 is 0 Å². The van der Waals surface area contributed by atoms with Gasteiger partial charge in [0.25, 0.3) is 0 Å². The smallest absolute Gasteiger partial charge is 0.138 e. The normalized spacial score (nSPS) is 10.0. The van der Waals surface area contributed by atoms with Crippen molar-refractivity contribution in [3.05, 3.63) is 24.8 Å². The molecule has 0 aliphatic heterocycles. The minimum atomic E-state index is 0.650. The SMILES string of the molecule is [c]1nccc2nncnc12. The molecule has 0 aromatic carbocycles. The first-order valence-electron chi connectivity index (χ1n) is 2.77. The average Bonchev–Trinajstić information content (AvgIpc) is 2.05. The van der Waals surface area contributed by atoms with Crippen LogP contribution in [0.4, 0.5) is 0 Å². The highest BCUT2D eigenvalue weighted by Crippen LogP contribution is 2.00. The molecule has 0 bridgehead atoms. The Bertz CT molecular complexity index is 281. The molecule has 4 nitrogen and oxygen atoms in total. The number of nitrogens with zero attached hydrogens (tertiary/aromatic N) is 4. The van der Waals surface area contributed by atoms with Gasteiger partial charge in [0.05, 0.1) is 0 Å². The van der Waals surface area contributed by atoms with Gasteiger partial charge in [-0.25, -0.2) is 4.98 Å². The van der Waals surface area contributed by atoms with Crippen molar-refractivity contribution in [2.24, 2.45) is 0 Å². The fourth-order valence-corrected chi connectivity index (χ4v) is 0.690. The molecule has 0 saturated carbocycles. The van der Waals surface area contributed by atoms with Crippen LogP contribution in [0.25, 0.3) is 11.0 Å². The summed E-state index contributed by atoms with van der Waals surface area (Å²) in [7, 11) is 0. The van der Waals surface area contributed by atoms with Crippen LogP contribution in [0.1, 0.15) is 0 Å². The maximum Gasteiger partial charge on any atom is 0.138 e. The van der Waals surface area contributed by atoms with Crippen LogP contribution in [-0.4, -0.2) is 20.2 Å². The lowest BCUT2D eigenvalue weighted by atomic mass is 10.4. The van der Waals surface area contributed by atoms with E-state index in [0.29, 0.717) is 5.52 Å². The molecule has 1 radical (unpaired) electrons. The molecule has 0 aliphatic rings. The molecule has 4 heteroatoms. The molecule has 2 aromatic heterocycles. The lowest BCUT2D eigenvalue weighted by Crippen LogP contribution is -1.86. The molecule has 0 aliphatic carbocycles. The van der Waals surface area contributed by atoms with Crippen LogP contribution >= 0.6 is 0 Å². The lowest BCUT2D eigenvalue weighted by molar-refractivity contribution is 1.02. The molecule has 2 aromatic rings. The van der Waals surface area contributed by atoms with Crippen molar-refractivity contribution in [2.45, 2.75) is 0 Å². The van der Waals surface area contributed by atoms with Crippen molar-refractivity contribution in [3.8, 4) is 0 Å². The highest BCUT2D eigenvalue weighted by atomic mass is 15.1. The Balaban J connectivity index is 2.89. The average molecular weight is 131 g/mol. The van der Waals surface area contributed by atoms with Crippen molar-refractivity contribution in [3.63, 3.8) is 0 Å². The fourth-order valence-electron chi connectivity index (χ4n) is 0.690. The molecule has 47 valence electrons. The second-order valence-electron chi connectivity index (χ2n) is 1.75. The summed E-state index contributed by atoms with van der Waals surface area (Å²) in [6.07, 6.45) is 5.67. The summed E-state index contributed by atoms with van der Waals surface area (Å²) in [5.41, 5.74) is 1.37. The first-order chi connectivity index (χ1) is 4.97. The summed E-state index contributed by atoms with van der Waals surface area (Å²) in [4.78, 5) is 7.65. The molecule has 0 N–H and O–H groups in total. The molecular formula is C6H3N4. The van der Waals surface area contributed by atoms with E-state index in [4.69, 9.17) is 0 Å². The molecular weight excluding hydrogens is 128 g/mol. The summed E-state index contributed by atoms with van der Waals surface area (Å²) in [6.45, 7) is 0. The fraction of sp³-hybridized carbons (Fsp3) is 0. The van der Waals surface area contributed by atoms with E-state index in [2.05, 4.69) is 26.4 Å². The Morgan fingerprint density at radius 2 is 2.40 bits per heavy atom. The second-order valence-corrected chi connectivity index (χ2v) is 1.75. The van der Waals surface area contributed by atoms with Crippen molar-refractivity contribution < 1.29 is 0 Å². The predicted molar refractivity (Wildman–Crippen MR) is 34.0 cm³/mol. The van der Waals surface area contributed by atoms with E-state index in [1.807, 2.05) is 0 Å². The standard InChI is InChI=1S/C6H3N4/c1-2-7-3-6-5(1)10-9-4-8-6/h1-2,4H. The van der Waals surface area contributed by atoms with Gasteiger partial charge in [0.15, 0.2) is 0 Å². The van der Waals surface area contributed by atoms with Gasteiger partial charge in [-0.15, -0.1) is 10.2 Å². The molecule has 2 rings (SSSR count). The van der Waals surface area contributed by atoms with Crippen molar-refractivity contribution in [1.29, 1.82) is 0 Å². The van der Waals surface area contributed by atoms with Gasteiger partial charge in [0.2, 0.25) is 0 Å². The molecule has 0 unspecified atom stereocenters. The third-order valence-electron chi connectivity index (χ3n) is 1.12. The van der Waals surface area contributed by atoms with Gasteiger partial charge in [-0.1, -0.05) is 0 Å². The topological polar surface area (TPSA) is 51.6 Å². The molecule has 2 heterocycles. The van der Waals surface area contributed by atoms with Crippen LogP contribution in [0, 0.1) is 6.20 Å². The molecule has 0 spiro atoms. The molecule has 0 saturated heterocycles. The van der Waals surface area contributed by atoms with E-state index in [1.54, 1.807) is 12.3 Å². The Labute approximate surface area is 57.0 Å². The minimum Gasteiger partial charge on any atom is -0.252 e. The lowest BCUT2D eigenvalue weighted by Gasteiger charge is -1.88. The number of rotatable bonds is 0. The Kier molecular flexibility index (Phi) is 1.04. The summed E-state index contributed by atoms with van der Waals surface area (Å²) >= 11 is 0. The maximum absolute atomic E-state index is 3.89. The van der Waals surface area contributed by atoms with Crippen molar-refractivity contribution in [2.75, 3.05) is 0 Å². The summed E-state index contributed by atoms with van der Waals surface area (Å²) < 4.78 is 0. The van der Waals surface area contributed by atoms with Gasteiger partial charge in [0, 0.05) is 6.20 Å². The van der Waals surface area contributed by atoms with E-state index in [-0.39, 0.29) is 0 Å². The number of aromatic nitrogens is 4. The predicted octanol–water partition coefficient (Wildman–Crippen LogP) is 0.220. The van der Waals surface area contributed by atoms with Crippen LogP contribution in [0.5, 0.6) is 0 Å². The zero-order valence-corrected chi connectivity index (χ0v) is 5.02. The first-order valence-corrected chi connectivity index (χ1v) is 2.77. The van der Waals surface area contributed by atoms with Gasteiger partial charge < -0.3 is 0 Å². The maximum atomic E-state index is 3.89. The number of hydrogen-bond donors (Lipinski definition) is 0. The van der Waals surface area contributed by atoms with Gasteiger partial charge in [-0.2, -0.15) is 0 Å². The van der Waals surface area contributed by atoms with E-state index in [1.165, 1.54) is 6.33 Å². The van der Waals surface area contributed by atoms with Crippen LogP contribution in [0.15, 0.2) is 18.6 Å². The minimum absolute atomic E-state index is 0.650. The number of fused-ring (bicyclic) bond motifs is 1. The summed E-state index contributed by atoms with van der Waals surface area (Å²) in [5, 5.41) is 7.40. The van der Waals surface area contributed by atoms with Crippen molar-refractivity contribution >= 4 is 11.0 Å². The summed E-state index contributed by atoms with van der Waals surface area (Å²) in [5.74, 6) is 0. The quantitative estimate of drug-likeness (QED) is 0.513. The van der Waals surface area contributed by atoms with Crippen LogP contribution in [0.3, 0.4) is 0 Å². The van der Waals surface area contributed by atoms with Crippen LogP contribution in [-0.2, 0) is 0 Å². The Morgan fingerprint density at radius 1 is 1.40 bits per heavy atom. The summed E-state index contributed by atoms with van der Waals surface area (Å²) in [6, 6.07) is 1.74. The van der Waals surface area contributed by atoms with Crippen molar-refractivity contribution in [1.82, 2.24) is 20.2 Å². The highest BCUT2D eigenvalue weighted by Gasteiger charge is 1.91. The Morgan fingerprint density at radius 3 is 3.30 bits per heavy atom. The number of pyridine rings is 1. The van der Waals surface area contributed by atoms with Gasteiger partial charge in [-0.05, 0) is 6.07 Å². The third kappa shape index (κ3) is 0.699. The zero-order chi connectivity index (χ0) is 6.81. The third-order valence-corrected chi connectivity index (χ3v) is 1.12. The largest absolute Gasteiger partial charge is 0.252 e. The van der Waals surface area contributed by atoms with Gasteiger partial charge in [0.1, 0.15) is 23.6 Å². The molecule has 0 fully saturated rings. The van der Waals surface area contributed by atoms with E-state index in [0.717, 1.165) is 5.52 Å². The number of hydrogen-bond acceptors (Lipinski definition) is 4. The van der Waals surface area contributed by atoms with Gasteiger partial charge >= 0.3 is 0 Å². The van der Waals surface area contributed by atoms with Crippen LogP contribution < -0.4 is 0 Å². The monoisotopic (exact) mass is 131 g/mol. The molecule has 0 amide bonds. The Hall–Kier alpha value is -1.58.